The summed E-state index contributed by atoms with van der Waals surface area (Å²) in [5, 5.41) is 3.36. The summed E-state index contributed by atoms with van der Waals surface area (Å²) in [4.78, 5) is 39.6. The van der Waals surface area contributed by atoms with E-state index < -0.39 is 23.7 Å². The summed E-state index contributed by atoms with van der Waals surface area (Å²) in [5.74, 6) is -0.579. The lowest BCUT2D eigenvalue weighted by molar-refractivity contribution is -0.319. The maximum Gasteiger partial charge on any atom is 0.318 e. The number of carbonyl (C=O) groups is 2. The summed E-state index contributed by atoms with van der Waals surface area (Å²) in [6, 6.07) is 16.4. The van der Waals surface area contributed by atoms with Crippen LogP contribution in [-0.4, -0.2) is 53.9 Å². The number of amides is 1. The summed E-state index contributed by atoms with van der Waals surface area (Å²) in [5.41, 5.74) is 1.77. The van der Waals surface area contributed by atoms with Gasteiger partial charge in [-0.2, -0.15) is 5.06 Å². The highest BCUT2D eigenvalue weighted by Crippen LogP contribution is 2.61. The van der Waals surface area contributed by atoms with Gasteiger partial charge >= 0.3 is 5.97 Å². The van der Waals surface area contributed by atoms with Gasteiger partial charge in [0.15, 0.2) is 0 Å². The van der Waals surface area contributed by atoms with E-state index in [0.29, 0.717) is 18.5 Å². The van der Waals surface area contributed by atoms with Gasteiger partial charge < -0.3 is 4.74 Å². The van der Waals surface area contributed by atoms with E-state index >= 15 is 0 Å². The fourth-order valence-corrected chi connectivity index (χ4v) is 6.08. The average Bonchev–Trinajstić information content (AvgIpc) is 3.22. The van der Waals surface area contributed by atoms with E-state index in [2.05, 4.69) is 12.1 Å². The molecule has 7 rings (SSSR count). The van der Waals surface area contributed by atoms with Crippen LogP contribution in [0.1, 0.15) is 40.4 Å². The summed E-state index contributed by atoms with van der Waals surface area (Å²) in [6.45, 7) is 0.684. The summed E-state index contributed by atoms with van der Waals surface area (Å²) >= 11 is 0. The number of methoxy groups -OCH3 is 1. The van der Waals surface area contributed by atoms with Crippen LogP contribution in [0.5, 0.6) is 0 Å². The Kier molecular flexibility index (Phi) is 4.21. The van der Waals surface area contributed by atoms with Gasteiger partial charge in [0.1, 0.15) is 17.6 Å². The molecule has 0 unspecified atom stereocenters. The molecule has 3 saturated heterocycles. The Balaban J connectivity index is 1.51. The van der Waals surface area contributed by atoms with E-state index in [0.717, 1.165) is 18.4 Å². The van der Waals surface area contributed by atoms with Crippen LogP contribution in [0.2, 0.25) is 0 Å². The van der Waals surface area contributed by atoms with Crippen molar-refractivity contribution in [2.24, 2.45) is 5.41 Å². The zero-order valence-corrected chi connectivity index (χ0v) is 17.3. The van der Waals surface area contributed by atoms with Crippen LogP contribution in [0.25, 0.3) is 0 Å². The Morgan fingerprint density at radius 1 is 1.03 bits per heavy atom. The maximum absolute atomic E-state index is 13.6. The van der Waals surface area contributed by atoms with Crippen molar-refractivity contribution in [2.75, 3.05) is 13.7 Å². The van der Waals surface area contributed by atoms with Gasteiger partial charge in [-0.3, -0.25) is 19.3 Å². The second kappa shape index (κ2) is 6.88. The van der Waals surface area contributed by atoms with Crippen molar-refractivity contribution >= 4 is 11.9 Å². The molecule has 31 heavy (non-hydrogen) atoms. The van der Waals surface area contributed by atoms with Crippen LogP contribution in [0.4, 0.5) is 0 Å². The van der Waals surface area contributed by atoms with Crippen LogP contribution in [0, 0.1) is 5.41 Å². The Morgan fingerprint density at radius 2 is 1.81 bits per heavy atom. The van der Waals surface area contributed by atoms with Crippen LogP contribution in [0.3, 0.4) is 0 Å². The second-order valence-corrected chi connectivity index (χ2v) is 8.68. The lowest BCUT2D eigenvalue weighted by atomic mass is 9.60. The summed E-state index contributed by atoms with van der Waals surface area (Å²) in [7, 11) is 1.41. The van der Waals surface area contributed by atoms with Gasteiger partial charge in [0.05, 0.1) is 19.2 Å². The molecule has 2 bridgehead atoms. The number of hydrogen-bond acceptors (Lipinski definition) is 6. The Morgan fingerprint density at radius 3 is 2.61 bits per heavy atom. The molecule has 2 aromatic carbocycles. The zero-order valence-electron chi connectivity index (χ0n) is 17.3. The average molecular weight is 420 g/mol. The quantitative estimate of drug-likeness (QED) is 0.696. The van der Waals surface area contributed by atoms with Gasteiger partial charge in [-0.25, -0.2) is 5.06 Å². The molecule has 4 fully saturated rings. The van der Waals surface area contributed by atoms with Gasteiger partial charge in [0.2, 0.25) is 0 Å². The molecular weight excluding hydrogens is 396 g/mol. The van der Waals surface area contributed by atoms with Gasteiger partial charge in [-0.05, 0) is 42.5 Å². The SMILES string of the molecule is COC(=O)[C@]12[C@@H]3c4ccccc4CCN3O[C@H]1[C@@H]1CC[C@H]2N(C(=O)c2ccccc2)O1. The monoisotopic (exact) mass is 420 g/mol. The smallest absolute Gasteiger partial charge is 0.318 e. The number of hydroxylamine groups is 4. The third-order valence-corrected chi connectivity index (χ3v) is 7.32. The molecule has 1 aliphatic carbocycles. The predicted molar refractivity (Wildman–Crippen MR) is 109 cm³/mol. The molecule has 4 aliphatic heterocycles. The highest BCUT2D eigenvalue weighted by atomic mass is 16.8. The van der Waals surface area contributed by atoms with E-state index in [4.69, 9.17) is 14.4 Å². The Labute approximate surface area is 180 Å². The fraction of sp³-hybridized carbons (Fsp3) is 0.417. The molecule has 5 aliphatic rings. The molecular formula is C24H24N2O5. The first-order chi connectivity index (χ1) is 15.2. The van der Waals surface area contributed by atoms with E-state index in [1.807, 2.05) is 35.4 Å². The molecule has 0 radical (unpaired) electrons. The first-order valence-electron chi connectivity index (χ1n) is 10.8. The predicted octanol–water partition coefficient (Wildman–Crippen LogP) is 2.68. The van der Waals surface area contributed by atoms with Crippen molar-refractivity contribution in [1.82, 2.24) is 10.1 Å². The molecule has 0 N–H and O–H groups in total. The molecule has 4 heterocycles. The zero-order chi connectivity index (χ0) is 21.2. The van der Waals surface area contributed by atoms with Gasteiger partial charge in [0, 0.05) is 12.1 Å². The number of rotatable bonds is 2. The third-order valence-electron chi connectivity index (χ3n) is 7.32. The van der Waals surface area contributed by atoms with Crippen molar-refractivity contribution in [1.29, 1.82) is 0 Å². The number of nitrogens with zero attached hydrogens (tertiary/aromatic N) is 2. The minimum absolute atomic E-state index is 0.237. The lowest BCUT2D eigenvalue weighted by Crippen LogP contribution is -2.71. The second-order valence-electron chi connectivity index (χ2n) is 8.68. The molecule has 0 spiro atoms. The summed E-state index contributed by atoms with van der Waals surface area (Å²) in [6.07, 6.45) is 1.35. The molecule has 160 valence electrons. The Bertz CT molecular complexity index is 1040. The van der Waals surface area contributed by atoms with E-state index in [1.165, 1.54) is 17.7 Å². The van der Waals surface area contributed by atoms with Crippen molar-refractivity contribution in [3.05, 3.63) is 71.3 Å². The number of ether oxygens (including phenoxy) is 1. The normalized spacial score (nSPS) is 33.4. The number of esters is 1. The third kappa shape index (κ3) is 2.45. The van der Waals surface area contributed by atoms with Crippen LogP contribution < -0.4 is 0 Å². The highest BCUT2D eigenvalue weighted by molar-refractivity contribution is 5.94. The minimum Gasteiger partial charge on any atom is -0.468 e. The van der Waals surface area contributed by atoms with Crippen molar-refractivity contribution < 1.29 is 24.0 Å². The van der Waals surface area contributed by atoms with Crippen LogP contribution in [0.15, 0.2) is 54.6 Å². The number of carbonyl (C=O) groups excluding carboxylic acids is 2. The van der Waals surface area contributed by atoms with E-state index in [-0.39, 0.29) is 17.9 Å². The standard InChI is InChI=1S/C24H24N2O5/c1-29-23(28)24-19-12-11-18(30-26(19)22(27)16-8-3-2-4-9-16)21(24)31-25-14-13-15-7-5-6-10-17(15)20(24)25/h2-10,18-21H,11-14H2,1H3/t18-,19+,20-,21-,24+/m0/s1. The molecule has 2 aromatic rings. The first-order valence-corrected chi connectivity index (χ1v) is 10.8. The van der Waals surface area contributed by atoms with Gasteiger partial charge in [0.25, 0.3) is 5.91 Å². The van der Waals surface area contributed by atoms with Crippen LogP contribution >= 0.6 is 0 Å². The highest BCUT2D eigenvalue weighted by Gasteiger charge is 2.74. The maximum atomic E-state index is 13.6. The molecule has 0 aromatic heterocycles. The Hall–Kier alpha value is -2.74. The molecule has 7 heteroatoms. The topological polar surface area (TPSA) is 68.3 Å². The lowest BCUT2D eigenvalue weighted by Gasteiger charge is -2.56. The molecule has 7 nitrogen and oxygen atoms in total. The number of hydrogen-bond donors (Lipinski definition) is 0. The van der Waals surface area contributed by atoms with Gasteiger partial charge in [-0.15, -0.1) is 0 Å². The molecule has 1 saturated carbocycles. The minimum atomic E-state index is -1.04. The largest absolute Gasteiger partial charge is 0.468 e. The fourth-order valence-electron chi connectivity index (χ4n) is 6.08. The van der Waals surface area contributed by atoms with Gasteiger partial charge in [-0.1, -0.05) is 42.5 Å². The van der Waals surface area contributed by atoms with Crippen molar-refractivity contribution in [3.8, 4) is 0 Å². The number of benzene rings is 2. The van der Waals surface area contributed by atoms with Crippen molar-refractivity contribution in [2.45, 2.75) is 43.6 Å². The molecule has 1 amide bonds. The summed E-state index contributed by atoms with van der Waals surface area (Å²) < 4.78 is 5.41. The van der Waals surface area contributed by atoms with E-state index in [9.17, 15) is 9.59 Å². The first kappa shape index (κ1) is 19.0. The van der Waals surface area contributed by atoms with Crippen molar-refractivity contribution in [3.63, 3.8) is 0 Å². The van der Waals surface area contributed by atoms with Crippen LogP contribution in [-0.2, 0) is 25.6 Å². The van der Waals surface area contributed by atoms with E-state index in [1.54, 1.807) is 12.1 Å². The number of fused-ring (bicyclic) bond motifs is 5. The molecule has 5 atom stereocenters.